The average molecular weight is 432 g/mol. The minimum atomic E-state index is -0.774. The van der Waals surface area contributed by atoms with Gasteiger partial charge in [0.1, 0.15) is 17.0 Å². The number of phenolic OH excluding ortho intramolecular Hbond substituents is 1. The summed E-state index contributed by atoms with van der Waals surface area (Å²) in [7, 11) is 0. The van der Waals surface area contributed by atoms with E-state index >= 15 is 0 Å². The number of amidine groups is 1. The first-order valence-corrected chi connectivity index (χ1v) is 11.0. The van der Waals surface area contributed by atoms with Crippen LogP contribution in [0.25, 0.3) is 0 Å². The molecule has 0 saturated carbocycles. The average Bonchev–Trinajstić information content (AvgIpc) is 3.15. The van der Waals surface area contributed by atoms with Crippen LogP contribution in [0.1, 0.15) is 69.4 Å². The Morgan fingerprint density at radius 3 is 2.41 bits per heavy atom. The Morgan fingerprint density at radius 1 is 1.00 bits per heavy atom. The van der Waals surface area contributed by atoms with Gasteiger partial charge in [0.15, 0.2) is 11.5 Å². The van der Waals surface area contributed by atoms with Crippen LogP contribution in [0.15, 0.2) is 40.3 Å². The normalized spacial score (nSPS) is 21.8. The Kier molecular flexibility index (Phi) is 4.17. The highest BCUT2D eigenvalue weighted by Crippen LogP contribution is 2.47. The summed E-state index contributed by atoms with van der Waals surface area (Å²) in [5.41, 5.74) is 4.37. The number of carbonyl (C=O) groups is 1. The Morgan fingerprint density at radius 2 is 1.72 bits per heavy atom. The fourth-order valence-electron chi connectivity index (χ4n) is 4.86. The number of hydrogen-bond acceptors (Lipinski definition) is 5. The van der Waals surface area contributed by atoms with Crippen molar-refractivity contribution in [3.63, 3.8) is 0 Å². The van der Waals surface area contributed by atoms with Gasteiger partial charge in [-0.05, 0) is 65.7 Å². The van der Waals surface area contributed by atoms with Crippen LogP contribution >= 0.6 is 0 Å². The van der Waals surface area contributed by atoms with E-state index in [1.165, 1.54) is 0 Å². The molecule has 6 heteroatoms. The maximum Gasteiger partial charge on any atom is 0.252 e. The quantitative estimate of drug-likeness (QED) is 0.756. The van der Waals surface area contributed by atoms with Crippen LogP contribution in [0.3, 0.4) is 0 Å². The number of nitrogens with zero attached hydrogens (tertiary/aromatic N) is 2. The van der Waals surface area contributed by atoms with Crippen molar-refractivity contribution in [2.75, 3.05) is 0 Å². The maximum atomic E-state index is 12.2. The minimum absolute atomic E-state index is 0.105. The molecule has 3 aliphatic heterocycles. The summed E-state index contributed by atoms with van der Waals surface area (Å²) in [6, 6.07) is 9.82. The third-order valence-electron chi connectivity index (χ3n) is 6.28. The zero-order chi connectivity index (χ0) is 23.1. The van der Waals surface area contributed by atoms with Crippen molar-refractivity contribution in [3.8, 4) is 11.5 Å². The lowest BCUT2D eigenvalue weighted by atomic mass is 9.81. The Labute approximate surface area is 188 Å². The molecule has 0 radical (unpaired) electrons. The smallest absolute Gasteiger partial charge is 0.252 e. The fraction of sp³-hybridized carbons (Fsp3) is 0.423. The van der Waals surface area contributed by atoms with E-state index in [0.717, 1.165) is 39.9 Å². The maximum absolute atomic E-state index is 12.2. The molecule has 2 aromatic carbocycles. The van der Waals surface area contributed by atoms with Gasteiger partial charge in [0.2, 0.25) is 0 Å². The van der Waals surface area contributed by atoms with E-state index in [2.05, 4.69) is 24.2 Å². The lowest BCUT2D eigenvalue weighted by Gasteiger charge is -2.30. The standard InChI is InChI=1S/C26H29N3O3/c1-24(2)12-16-11-18(30)21-17(13-25(3,4)32-21)19(16)20(28-24)14-8-7-9-15(10-14)22-27-23(31)26(5,6)29-22/h7-11,30H,12-13H2,1-6H3,(H,27,29,31). The van der Waals surface area contributed by atoms with Gasteiger partial charge in [0.25, 0.3) is 5.91 Å². The van der Waals surface area contributed by atoms with Gasteiger partial charge in [-0.15, -0.1) is 0 Å². The topological polar surface area (TPSA) is 83.3 Å². The third kappa shape index (κ3) is 3.29. The number of nitrogens with one attached hydrogen (secondary N) is 1. The van der Waals surface area contributed by atoms with E-state index in [9.17, 15) is 9.90 Å². The number of aliphatic imine (C=N–C) groups is 2. The number of hydrogen-bond donors (Lipinski definition) is 2. The molecule has 166 valence electrons. The number of rotatable bonds is 2. The van der Waals surface area contributed by atoms with Crippen molar-refractivity contribution in [3.05, 3.63) is 58.1 Å². The highest BCUT2D eigenvalue weighted by atomic mass is 16.5. The van der Waals surface area contributed by atoms with Crippen LogP contribution in [-0.2, 0) is 17.6 Å². The molecule has 6 nitrogen and oxygen atoms in total. The van der Waals surface area contributed by atoms with Gasteiger partial charge in [0, 0.05) is 28.7 Å². The molecule has 0 aliphatic carbocycles. The molecule has 3 heterocycles. The van der Waals surface area contributed by atoms with E-state index in [0.29, 0.717) is 18.0 Å². The van der Waals surface area contributed by atoms with Crippen molar-refractivity contribution in [2.45, 2.75) is 71.1 Å². The van der Waals surface area contributed by atoms with Gasteiger partial charge in [-0.25, -0.2) is 0 Å². The Bertz CT molecular complexity index is 1240. The molecule has 2 N–H and O–H groups in total. The van der Waals surface area contributed by atoms with Crippen LogP contribution in [0.2, 0.25) is 0 Å². The summed E-state index contributed by atoms with van der Waals surface area (Å²) in [6.07, 6.45) is 1.44. The number of phenols is 1. The first kappa shape index (κ1) is 20.7. The van der Waals surface area contributed by atoms with Crippen LogP contribution in [0, 0.1) is 0 Å². The SMILES string of the molecule is CC1(C)Cc2cc(O)c3c(c2C(c2cccc(C4=NC(C)(C)C(=O)N4)c2)=N1)CC(C)(C)O3. The number of amides is 1. The summed E-state index contributed by atoms with van der Waals surface area (Å²) in [5.74, 6) is 1.23. The number of fused-ring (bicyclic) bond motifs is 3. The summed E-state index contributed by atoms with van der Waals surface area (Å²) in [6.45, 7) is 11.9. The molecule has 0 aromatic heterocycles. The van der Waals surface area contributed by atoms with E-state index < -0.39 is 5.54 Å². The zero-order valence-electron chi connectivity index (χ0n) is 19.5. The zero-order valence-corrected chi connectivity index (χ0v) is 19.5. The molecule has 3 aliphatic rings. The highest BCUT2D eigenvalue weighted by molar-refractivity contribution is 6.19. The second-order valence-electron chi connectivity index (χ2n) is 10.8. The predicted octanol–water partition coefficient (Wildman–Crippen LogP) is 3.93. The lowest BCUT2D eigenvalue weighted by molar-refractivity contribution is -0.122. The highest BCUT2D eigenvalue weighted by Gasteiger charge is 2.40. The van der Waals surface area contributed by atoms with Crippen LogP contribution < -0.4 is 10.1 Å². The number of ether oxygens (including phenoxy) is 1. The minimum Gasteiger partial charge on any atom is -0.504 e. The molecular formula is C26H29N3O3. The summed E-state index contributed by atoms with van der Waals surface area (Å²) >= 11 is 0. The molecule has 32 heavy (non-hydrogen) atoms. The molecular weight excluding hydrogens is 402 g/mol. The summed E-state index contributed by atoms with van der Waals surface area (Å²) in [4.78, 5) is 22.0. The molecule has 1 amide bonds. The van der Waals surface area contributed by atoms with Gasteiger partial charge in [-0.3, -0.25) is 14.8 Å². The van der Waals surface area contributed by atoms with E-state index in [4.69, 9.17) is 9.73 Å². The monoisotopic (exact) mass is 431 g/mol. The molecule has 0 spiro atoms. The largest absolute Gasteiger partial charge is 0.504 e. The van der Waals surface area contributed by atoms with Gasteiger partial charge in [0.05, 0.1) is 11.3 Å². The summed E-state index contributed by atoms with van der Waals surface area (Å²) < 4.78 is 6.10. The second-order valence-corrected chi connectivity index (χ2v) is 10.8. The van der Waals surface area contributed by atoms with E-state index in [1.807, 2.05) is 44.2 Å². The van der Waals surface area contributed by atoms with Crippen LogP contribution in [0.4, 0.5) is 0 Å². The van der Waals surface area contributed by atoms with E-state index in [-0.39, 0.29) is 22.8 Å². The van der Waals surface area contributed by atoms with Crippen LogP contribution in [-0.4, -0.2) is 39.2 Å². The van der Waals surface area contributed by atoms with Crippen molar-refractivity contribution in [1.29, 1.82) is 0 Å². The van der Waals surface area contributed by atoms with Gasteiger partial charge in [-0.1, -0.05) is 18.2 Å². The van der Waals surface area contributed by atoms with E-state index in [1.54, 1.807) is 13.8 Å². The molecule has 0 unspecified atom stereocenters. The fourth-order valence-corrected chi connectivity index (χ4v) is 4.86. The number of aromatic hydroxyl groups is 1. The first-order chi connectivity index (χ1) is 14.9. The molecule has 0 saturated heterocycles. The predicted molar refractivity (Wildman–Crippen MR) is 125 cm³/mol. The van der Waals surface area contributed by atoms with Crippen molar-refractivity contribution in [1.82, 2.24) is 5.32 Å². The van der Waals surface area contributed by atoms with Gasteiger partial charge < -0.3 is 15.2 Å². The van der Waals surface area contributed by atoms with Gasteiger partial charge in [-0.2, -0.15) is 0 Å². The Hall–Kier alpha value is -3.15. The van der Waals surface area contributed by atoms with Crippen molar-refractivity contribution in [2.24, 2.45) is 9.98 Å². The Balaban J connectivity index is 1.67. The third-order valence-corrected chi connectivity index (χ3v) is 6.28. The van der Waals surface area contributed by atoms with Crippen molar-refractivity contribution < 1.29 is 14.6 Å². The molecule has 5 rings (SSSR count). The van der Waals surface area contributed by atoms with Crippen molar-refractivity contribution >= 4 is 17.5 Å². The number of benzene rings is 2. The lowest BCUT2D eigenvalue weighted by Crippen LogP contribution is -2.34. The van der Waals surface area contributed by atoms with Crippen LogP contribution in [0.5, 0.6) is 11.5 Å². The number of carbonyl (C=O) groups excluding carboxylic acids is 1. The molecule has 0 fully saturated rings. The molecule has 2 aromatic rings. The molecule has 0 bridgehead atoms. The molecule has 0 atom stereocenters. The first-order valence-electron chi connectivity index (χ1n) is 11.0. The van der Waals surface area contributed by atoms with Gasteiger partial charge >= 0.3 is 0 Å². The second kappa shape index (κ2) is 6.44. The summed E-state index contributed by atoms with van der Waals surface area (Å²) in [5, 5.41) is 13.6.